The molecule has 0 aliphatic carbocycles. The van der Waals surface area contributed by atoms with Gasteiger partial charge >= 0.3 is 0 Å². The number of rotatable bonds is 5. The summed E-state index contributed by atoms with van der Waals surface area (Å²) in [7, 11) is 0. The normalized spacial score (nSPS) is 16.1. The molecular weight excluding hydrogens is 266 g/mol. The number of amides is 1. The van der Waals surface area contributed by atoms with Gasteiger partial charge in [-0.25, -0.2) is 8.78 Å². The summed E-state index contributed by atoms with van der Waals surface area (Å²) in [6.07, 6.45) is 2.14. The lowest BCUT2D eigenvalue weighted by atomic mass is 10.1. The number of nitrogens with one attached hydrogen (secondary N) is 2. The lowest BCUT2D eigenvalue weighted by Gasteiger charge is -2.22. The van der Waals surface area contributed by atoms with Crippen LogP contribution in [-0.2, 0) is 4.74 Å². The molecule has 1 aromatic rings. The predicted octanol–water partition coefficient (Wildman–Crippen LogP) is 1.46. The minimum absolute atomic E-state index is 0.0237. The van der Waals surface area contributed by atoms with Crippen molar-refractivity contribution in [3.8, 4) is 0 Å². The number of benzene rings is 1. The van der Waals surface area contributed by atoms with Crippen LogP contribution in [0.2, 0.25) is 0 Å². The molecule has 0 aromatic heterocycles. The Labute approximate surface area is 116 Å². The van der Waals surface area contributed by atoms with Gasteiger partial charge in [-0.05, 0) is 38.1 Å². The van der Waals surface area contributed by atoms with Gasteiger partial charge < -0.3 is 15.4 Å². The second-order valence-corrected chi connectivity index (χ2v) is 4.73. The van der Waals surface area contributed by atoms with E-state index in [1.54, 1.807) is 0 Å². The van der Waals surface area contributed by atoms with Gasteiger partial charge in [0.2, 0.25) is 0 Å². The average molecular weight is 284 g/mol. The van der Waals surface area contributed by atoms with Crippen molar-refractivity contribution >= 4 is 5.91 Å². The Morgan fingerprint density at radius 3 is 2.55 bits per heavy atom. The quantitative estimate of drug-likeness (QED) is 0.805. The van der Waals surface area contributed by atoms with Crippen LogP contribution in [-0.4, -0.2) is 38.3 Å². The number of ether oxygens (including phenoxy) is 1. The SMILES string of the molecule is O=C(NCCOC1CCNCC1)c1cc(F)cc(F)c1. The molecule has 1 fully saturated rings. The summed E-state index contributed by atoms with van der Waals surface area (Å²) in [6.45, 7) is 2.61. The van der Waals surface area contributed by atoms with Gasteiger partial charge in [0, 0.05) is 18.2 Å². The summed E-state index contributed by atoms with van der Waals surface area (Å²) in [4.78, 5) is 11.7. The first-order valence-corrected chi connectivity index (χ1v) is 6.72. The molecule has 2 N–H and O–H groups in total. The maximum absolute atomic E-state index is 13.0. The smallest absolute Gasteiger partial charge is 0.251 e. The van der Waals surface area contributed by atoms with Crippen LogP contribution in [0, 0.1) is 11.6 Å². The third-order valence-corrected chi connectivity index (χ3v) is 3.15. The fourth-order valence-electron chi connectivity index (χ4n) is 2.14. The van der Waals surface area contributed by atoms with E-state index >= 15 is 0 Å². The van der Waals surface area contributed by atoms with Gasteiger partial charge in [0.1, 0.15) is 11.6 Å². The second-order valence-electron chi connectivity index (χ2n) is 4.73. The molecule has 2 rings (SSSR count). The molecule has 0 bridgehead atoms. The summed E-state index contributed by atoms with van der Waals surface area (Å²) < 4.78 is 31.6. The third-order valence-electron chi connectivity index (χ3n) is 3.15. The van der Waals surface area contributed by atoms with Gasteiger partial charge in [0.05, 0.1) is 12.7 Å². The van der Waals surface area contributed by atoms with Crippen molar-refractivity contribution in [2.24, 2.45) is 0 Å². The van der Waals surface area contributed by atoms with Crippen LogP contribution in [0.15, 0.2) is 18.2 Å². The predicted molar refractivity (Wildman–Crippen MR) is 70.5 cm³/mol. The van der Waals surface area contributed by atoms with Gasteiger partial charge in [-0.1, -0.05) is 0 Å². The molecule has 4 nitrogen and oxygen atoms in total. The van der Waals surface area contributed by atoms with Gasteiger partial charge in [-0.15, -0.1) is 0 Å². The van der Waals surface area contributed by atoms with Gasteiger partial charge in [0.25, 0.3) is 5.91 Å². The molecule has 110 valence electrons. The van der Waals surface area contributed by atoms with Crippen LogP contribution < -0.4 is 10.6 Å². The number of halogens is 2. The van der Waals surface area contributed by atoms with E-state index in [1.165, 1.54) is 0 Å². The summed E-state index contributed by atoms with van der Waals surface area (Å²) in [5, 5.41) is 5.81. The molecule has 0 saturated carbocycles. The fourth-order valence-corrected chi connectivity index (χ4v) is 2.14. The molecule has 0 unspecified atom stereocenters. The number of carbonyl (C=O) groups excluding carboxylic acids is 1. The Morgan fingerprint density at radius 2 is 1.90 bits per heavy atom. The Kier molecular flexibility index (Phi) is 5.43. The molecule has 1 amide bonds. The topological polar surface area (TPSA) is 50.4 Å². The number of hydrogen-bond acceptors (Lipinski definition) is 3. The van der Waals surface area contributed by atoms with E-state index in [4.69, 9.17) is 4.74 Å². The number of piperidine rings is 1. The van der Waals surface area contributed by atoms with Crippen LogP contribution in [0.1, 0.15) is 23.2 Å². The Hall–Kier alpha value is -1.53. The molecule has 1 heterocycles. The molecule has 6 heteroatoms. The number of hydrogen-bond donors (Lipinski definition) is 2. The maximum Gasteiger partial charge on any atom is 0.251 e. The van der Waals surface area contributed by atoms with Crippen LogP contribution in [0.25, 0.3) is 0 Å². The first-order valence-electron chi connectivity index (χ1n) is 6.72. The minimum Gasteiger partial charge on any atom is -0.376 e. The van der Waals surface area contributed by atoms with E-state index in [0.29, 0.717) is 13.2 Å². The third kappa shape index (κ3) is 4.54. The molecule has 1 aliphatic heterocycles. The highest BCUT2D eigenvalue weighted by Crippen LogP contribution is 2.08. The molecular formula is C14H18F2N2O2. The molecule has 0 atom stereocenters. The van der Waals surface area contributed by atoms with E-state index in [2.05, 4.69) is 10.6 Å². The van der Waals surface area contributed by atoms with Crippen molar-refractivity contribution in [3.05, 3.63) is 35.4 Å². The maximum atomic E-state index is 13.0. The first kappa shape index (κ1) is 14.9. The lowest BCUT2D eigenvalue weighted by Crippen LogP contribution is -2.34. The molecule has 20 heavy (non-hydrogen) atoms. The molecule has 0 spiro atoms. The highest BCUT2D eigenvalue weighted by molar-refractivity contribution is 5.94. The van der Waals surface area contributed by atoms with Gasteiger partial charge in [-0.3, -0.25) is 4.79 Å². The molecule has 0 radical (unpaired) electrons. The van der Waals surface area contributed by atoms with E-state index in [9.17, 15) is 13.6 Å². The summed E-state index contributed by atoms with van der Waals surface area (Å²) in [5.41, 5.74) is -0.0237. The zero-order valence-corrected chi connectivity index (χ0v) is 11.1. The molecule has 1 saturated heterocycles. The van der Waals surface area contributed by atoms with Crippen LogP contribution in [0.4, 0.5) is 8.78 Å². The van der Waals surface area contributed by atoms with Crippen LogP contribution in [0.3, 0.4) is 0 Å². The number of carbonyl (C=O) groups is 1. The van der Waals surface area contributed by atoms with Gasteiger partial charge in [0.15, 0.2) is 0 Å². The van der Waals surface area contributed by atoms with E-state index in [1.807, 2.05) is 0 Å². The summed E-state index contributed by atoms with van der Waals surface area (Å²) in [5.74, 6) is -2.03. The van der Waals surface area contributed by atoms with Crippen molar-refractivity contribution in [1.29, 1.82) is 0 Å². The lowest BCUT2D eigenvalue weighted by molar-refractivity contribution is 0.0343. The molecule has 1 aromatic carbocycles. The zero-order chi connectivity index (χ0) is 14.4. The van der Waals surface area contributed by atoms with Crippen molar-refractivity contribution in [3.63, 3.8) is 0 Å². The molecule has 1 aliphatic rings. The van der Waals surface area contributed by atoms with Crippen LogP contribution >= 0.6 is 0 Å². The summed E-state index contributed by atoms with van der Waals surface area (Å²) in [6, 6.07) is 2.75. The highest BCUT2D eigenvalue weighted by Gasteiger charge is 2.13. The van der Waals surface area contributed by atoms with Crippen molar-refractivity contribution in [1.82, 2.24) is 10.6 Å². The monoisotopic (exact) mass is 284 g/mol. The van der Waals surface area contributed by atoms with E-state index < -0.39 is 17.5 Å². The Balaban J connectivity index is 1.71. The van der Waals surface area contributed by atoms with Crippen molar-refractivity contribution in [2.45, 2.75) is 18.9 Å². The fraction of sp³-hybridized carbons (Fsp3) is 0.500. The minimum atomic E-state index is -0.763. The summed E-state index contributed by atoms with van der Waals surface area (Å²) >= 11 is 0. The van der Waals surface area contributed by atoms with Crippen molar-refractivity contribution in [2.75, 3.05) is 26.2 Å². The second kappa shape index (κ2) is 7.31. The standard InChI is InChI=1S/C14H18F2N2O2/c15-11-7-10(8-12(16)9-11)14(19)18-5-6-20-13-1-3-17-4-2-13/h7-9,13,17H,1-6H2,(H,18,19). The Bertz CT molecular complexity index is 442. The van der Waals surface area contributed by atoms with Gasteiger partial charge in [-0.2, -0.15) is 0 Å². The van der Waals surface area contributed by atoms with Crippen molar-refractivity contribution < 1.29 is 18.3 Å². The first-order chi connectivity index (χ1) is 9.65. The van der Waals surface area contributed by atoms with Crippen LogP contribution in [0.5, 0.6) is 0 Å². The average Bonchev–Trinajstić information content (AvgIpc) is 2.43. The van der Waals surface area contributed by atoms with E-state index in [-0.39, 0.29) is 11.7 Å². The zero-order valence-electron chi connectivity index (χ0n) is 11.1. The van der Waals surface area contributed by atoms with E-state index in [0.717, 1.165) is 44.1 Å². The Morgan fingerprint density at radius 1 is 1.25 bits per heavy atom. The highest BCUT2D eigenvalue weighted by atomic mass is 19.1. The largest absolute Gasteiger partial charge is 0.376 e.